The van der Waals surface area contributed by atoms with Crippen LogP contribution in [0.2, 0.25) is 5.15 Å². The highest BCUT2D eigenvalue weighted by atomic mass is 35.5. The summed E-state index contributed by atoms with van der Waals surface area (Å²) >= 11 is 6.49. The number of halogens is 1. The van der Waals surface area contributed by atoms with Crippen molar-refractivity contribution >= 4 is 28.6 Å². The fraction of sp³-hybridized carbons (Fsp3) is 0.526. The highest BCUT2D eigenvalue weighted by Crippen LogP contribution is 2.46. The number of hydrogen-bond donors (Lipinski definition) is 3. The molecule has 3 N–H and O–H groups in total. The number of aromatic amines is 1. The first kappa shape index (κ1) is 16.7. The Bertz CT molecular complexity index is 803. The smallest absolute Gasteiger partial charge is 0.404 e. The zero-order valence-corrected chi connectivity index (χ0v) is 15.1. The van der Waals surface area contributed by atoms with E-state index in [4.69, 9.17) is 16.7 Å². The summed E-state index contributed by atoms with van der Waals surface area (Å²) < 4.78 is 0. The van der Waals surface area contributed by atoms with E-state index in [0.717, 1.165) is 43.0 Å². The number of hydrogen-bond acceptors (Lipinski definition) is 2. The first-order chi connectivity index (χ1) is 12.1. The molecule has 0 radical (unpaired) electrons. The molecule has 2 aliphatic rings. The van der Waals surface area contributed by atoms with Gasteiger partial charge in [-0.25, -0.2) is 4.79 Å². The second-order valence-corrected chi connectivity index (χ2v) is 7.73. The van der Waals surface area contributed by atoms with Crippen molar-refractivity contribution in [3.05, 3.63) is 34.5 Å². The first-order valence-corrected chi connectivity index (χ1v) is 9.46. The van der Waals surface area contributed by atoms with E-state index in [2.05, 4.69) is 40.3 Å². The van der Waals surface area contributed by atoms with Crippen LogP contribution in [-0.2, 0) is 6.42 Å². The van der Waals surface area contributed by atoms with Gasteiger partial charge >= 0.3 is 6.09 Å². The van der Waals surface area contributed by atoms with Gasteiger partial charge in [-0.2, -0.15) is 0 Å². The number of amides is 1. The number of fused-ring (bicyclic) bond motifs is 2. The van der Waals surface area contributed by atoms with E-state index < -0.39 is 6.09 Å². The van der Waals surface area contributed by atoms with Gasteiger partial charge in [0.1, 0.15) is 5.15 Å². The Labute approximate surface area is 152 Å². The minimum atomic E-state index is -0.936. The average Bonchev–Trinajstić information content (AvgIpc) is 2.91. The van der Waals surface area contributed by atoms with Crippen molar-refractivity contribution in [1.82, 2.24) is 15.2 Å². The summed E-state index contributed by atoms with van der Waals surface area (Å²) in [6, 6.07) is 6.86. The lowest BCUT2D eigenvalue weighted by atomic mass is 9.72. The van der Waals surface area contributed by atoms with Crippen LogP contribution in [0.3, 0.4) is 0 Å². The molecule has 25 heavy (non-hydrogen) atoms. The average molecular weight is 362 g/mol. The molecule has 1 aromatic carbocycles. The van der Waals surface area contributed by atoms with Crippen molar-refractivity contribution < 1.29 is 9.90 Å². The molecule has 134 valence electrons. The molecule has 5 nitrogen and oxygen atoms in total. The van der Waals surface area contributed by atoms with Crippen molar-refractivity contribution in [2.24, 2.45) is 5.92 Å². The highest BCUT2D eigenvalue weighted by molar-refractivity contribution is 6.32. The number of rotatable bonds is 4. The second kappa shape index (κ2) is 6.54. The van der Waals surface area contributed by atoms with E-state index in [1.54, 1.807) is 0 Å². The van der Waals surface area contributed by atoms with E-state index in [1.807, 2.05) is 0 Å². The summed E-state index contributed by atoms with van der Waals surface area (Å²) in [4.78, 5) is 16.8. The van der Waals surface area contributed by atoms with Gasteiger partial charge in [0.2, 0.25) is 0 Å². The van der Waals surface area contributed by atoms with Crippen LogP contribution < -0.4 is 5.32 Å². The molecule has 3 atom stereocenters. The maximum atomic E-state index is 10.9. The molecule has 2 heterocycles. The maximum Gasteiger partial charge on any atom is 0.404 e. The standard InChI is InChI=1S/C19H24ClN3O2/c1-2-6-23-10-11(9-21-19(24)25)7-13-12-4-3-5-15-17(12)14(8-16(13)23)18(20)22-15/h3-5,11,13,16,21-22H,2,6-10H2,1H3,(H,24,25)/t11?,13?,16-/m1/s1. The quantitative estimate of drug-likeness (QED) is 0.775. The van der Waals surface area contributed by atoms with E-state index in [-0.39, 0.29) is 0 Å². The number of aromatic nitrogens is 1. The molecule has 1 aliphatic heterocycles. The molecular formula is C19H24ClN3O2. The molecule has 1 aromatic heterocycles. The van der Waals surface area contributed by atoms with Crippen molar-refractivity contribution in [3.8, 4) is 0 Å². The Hall–Kier alpha value is -1.72. The van der Waals surface area contributed by atoms with Crippen molar-refractivity contribution in [1.29, 1.82) is 0 Å². The minimum absolute atomic E-state index is 0.343. The summed E-state index contributed by atoms with van der Waals surface area (Å²) in [6.45, 7) is 4.71. The van der Waals surface area contributed by atoms with Gasteiger partial charge in [-0.3, -0.25) is 4.90 Å². The highest BCUT2D eigenvalue weighted by Gasteiger charge is 2.41. The maximum absolute atomic E-state index is 10.9. The van der Waals surface area contributed by atoms with Gasteiger partial charge in [-0.1, -0.05) is 30.7 Å². The minimum Gasteiger partial charge on any atom is -0.465 e. The zero-order valence-electron chi connectivity index (χ0n) is 14.4. The number of likely N-dealkylation sites (tertiary alicyclic amines) is 1. The van der Waals surface area contributed by atoms with Gasteiger partial charge in [0.15, 0.2) is 0 Å². The number of carboxylic acid groups (broad SMARTS) is 1. The largest absolute Gasteiger partial charge is 0.465 e. The van der Waals surface area contributed by atoms with Crippen LogP contribution >= 0.6 is 11.6 Å². The van der Waals surface area contributed by atoms with Crippen LogP contribution in [0.15, 0.2) is 18.2 Å². The monoisotopic (exact) mass is 361 g/mol. The fourth-order valence-corrected chi connectivity index (χ4v) is 5.14. The molecule has 0 bridgehead atoms. The SMILES string of the molecule is CCCN1CC(CNC(=O)O)CC2c3cccc4[nH]c(Cl)c(c34)C[C@H]21. The van der Waals surface area contributed by atoms with Gasteiger partial charge in [0, 0.05) is 36.0 Å². The summed E-state index contributed by atoms with van der Waals surface area (Å²) in [6.07, 6.45) is 2.15. The topological polar surface area (TPSA) is 68.4 Å². The normalized spacial score (nSPS) is 25.8. The van der Waals surface area contributed by atoms with Crippen LogP contribution in [0.1, 0.15) is 36.8 Å². The lowest BCUT2D eigenvalue weighted by Gasteiger charge is -2.47. The van der Waals surface area contributed by atoms with Crippen LogP contribution in [0, 0.1) is 5.92 Å². The predicted molar refractivity (Wildman–Crippen MR) is 99.5 cm³/mol. The fourth-order valence-electron chi connectivity index (χ4n) is 4.87. The lowest BCUT2D eigenvalue weighted by Crippen LogP contribution is -2.52. The summed E-state index contributed by atoms with van der Waals surface area (Å²) in [5.41, 5.74) is 3.73. The Balaban J connectivity index is 1.71. The summed E-state index contributed by atoms with van der Waals surface area (Å²) in [5.74, 6) is 0.777. The first-order valence-electron chi connectivity index (χ1n) is 9.08. The Morgan fingerprint density at radius 1 is 1.48 bits per heavy atom. The Kier molecular flexibility index (Phi) is 4.38. The molecule has 0 spiro atoms. The predicted octanol–water partition coefficient (Wildman–Crippen LogP) is 3.83. The van der Waals surface area contributed by atoms with E-state index in [9.17, 15) is 4.79 Å². The number of nitrogens with one attached hydrogen (secondary N) is 2. The molecule has 0 saturated carbocycles. The Morgan fingerprint density at radius 3 is 3.08 bits per heavy atom. The molecule has 2 aromatic rings. The molecule has 1 saturated heterocycles. The van der Waals surface area contributed by atoms with Crippen molar-refractivity contribution in [3.63, 3.8) is 0 Å². The van der Waals surface area contributed by atoms with Crippen molar-refractivity contribution in [2.45, 2.75) is 38.1 Å². The molecule has 1 amide bonds. The Morgan fingerprint density at radius 2 is 2.32 bits per heavy atom. The molecule has 4 rings (SSSR count). The van der Waals surface area contributed by atoms with Crippen LogP contribution in [-0.4, -0.2) is 46.8 Å². The molecule has 6 heteroatoms. The van der Waals surface area contributed by atoms with Gasteiger partial charge < -0.3 is 15.4 Å². The van der Waals surface area contributed by atoms with E-state index >= 15 is 0 Å². The second-order valence-electron chi connectivity index (χ2n) is 7.35. The summed E-state index contributed by atoms with van der Waals surface area (Å²) in [7, 11) is 0. The third kappa shape index (κ3) is 2.89. The van der Waals surface area contributed by atoms with Crippen LogP contribution in [0.5, 0.6) is 0 Å². The molecular weight excluding hydrogens is 338 g/mol. The molecule has 1 fully saturated rings. The third-order valence-electron chi connectivity index (χ3n) is 5.79. The van der Waals surface area contributed by atoms with Crippen LogP contribution in [0.25, 0.3) is 10.9 Å². The van der Waals surface area contributed by atoms with Crippen LogP contribution in [0.4, 0.5) is 4.79 Å². The van der Waals surface area contributed by atoms with Crippen molar-refractivity contribution in [2.75, 3.05) is 19.6 Å². The molecule has 1 aliphatic carbocycles. The molecule has 2 unspecified atom stereocenters. The van der Waals surface area contributed by atoms with E-state index in [1.165, 1.54) is 16.5 Å². The summed E-state index contributed by atoms with van der Waals surface area (Å²) in [5, 5.41) is 13.6. The van der Waals surface area contributed by atoms with Gasteiger partial charge in [-0.15, -0.1) is 0 Å². The van der Waals surface area contributed by atoms with Gasteiger partial charge in [0.05, 0.1) is 0 Å². The van der Waals surface area contributed by atoms with Gasteiger partial charge in [-0.05, 0) is 48.9 Å². The number of piperidine rings is 1. The number of benzene rings is 1. The van der Waals surface area contributed by atoms with E-state index in [0.29, 0.717) is 24.4 Å². The number of H-pyrrole nitrogens is 1. The number of nitrogens with zero attached hydrogens (tertiary/aromatic N) is 1. The zero-order chi connectivity index (χ0) is 17.6. The number of carbonyl (C=O) groups is 1. The van der Waals surface area contributed by atoms with Gasteiger partial charge in [0.25, 0.3) is 0 Å². The third-order valence-corrected chi connectivity index (χ3v) is 6.11. The lowest BCUT2D eigenvalue weighted by molar-refractivity contribution is 0.0838.